The van der Waals surface area contributed by atoms with Crippen LogP contribution in [-0.4, -0.2) is 17.5 Å². The van der Waals surface area contributed by atoms with Crippen LogP contribution in [0.3, 0.4) is 0 Å². The minimum absolute atomic E-state index is 0.327. The Morgan fingerprint density at radius 1 is 1.42 bits per heavy atom. The predicted molar refractivity (Wildman–Crippen MR) is 47.2 cm³/mol. The van der Waals surface area contributed by atoms with Crippen molar-refractivity contribution in [2.24, 2.45) is 0 Å². The molecule has 1 rings (SSSR count). The molecule has 0 amide bonds. The molecule has 0 aromatic heterocycles. The molecule has 1 N–H and O–H groups in total. The Morgan fingerprint density at radius 2 is 2.00 bits per heavy atom. The lowest BCUT2D eigenvalue weighted by atomic mass is 10.1. The number of aldehydes is 1. The Bertz CT molecular complexity index is 249. The van der Waals surface area contributed by atoms with Crippen LogP contribution in [0.2, 0.25) is 0 Å². The SMILES string of the molecule is CC(O)Cc1ccc(C=O)cc1. The third-order valence-electron chi connectivity index (χ3n) is 1.65. The molecule has 0 aliphatic heterocycles. The number of aliphatic hydroxyl groups is 1. The number of carbonyl (C=O) groups excluding carboxylic acids is 1. The Balaban J connectivity index is 2.71. The van der Waals surface area contributed by atoms with E-state index in [-0.39, 0.29) is 6.10 Å². The van der Waals surface area contributed by atoms with Crippen molar-refractivity contribution >= 4 is 6.29 Å². The quantitative estimate of drug-likeness (QED) is 0.686. The lowest BCUT2D eigenvalue weighted by Gasteiger charge is -2.03. The summed E-state index contributed by atoms with van der Waals surface area (Å²) in [6.45, 7) is 1.74. The average Bonchev–Trinajstić information content (AvgIpc) is 2.05. The van der Waals surface area contributed by atoms with E-state index in [1.54, 1.807) is 19.1 Å². The summed E-state index contributed by atoms with van der Waals surface area (Å²) in [5.41, 5.74) is 1.72. The van der Waals surface area contributed by atoms with Gasteiger partial charge in [0.05, 0.1) is 6.10 Å². The fourth-order valence-electron chi connectivity index (χ4n) is 1.07. The highest BCUT2D eigenvalue weighted by Crippen LogP contribution is 2.05. The second-order valence-electron chi connectivity index (χ2n) is 2.91. The highest BCUT2D eigenvalue weighted by atomic mass is 16.3. The number of carbonyl (C=O) groups is 1. The van der Waals surface area contributed by atoms with E-state index in [2.05, 4.69) is 0 Å². The average molecular weight is 164 g/mol. The first-order chi connectivity index (χ1) is 5.72. The maximum absolute atomic E-state index is 10.3. The number of benzene rings is 1. The minimum atomic E-state index is -0.327. The number of hydrogen-bond donors (Lipinski definition) is 1. The summed E-state index contributed by atoms with van der Waals surface area (Å²) in [7, 11) is 0. The van der Waals surface area contributed by atoms with Crippen molar-refractivity contribution in [3.8, 4) is 0 Å². The van der Waals surface area contributed by atoms with Crippen LogP contribution in [0.15, 0.2) is 24.3 Å². The summed E-state index contributed by atoms with van der Waals surface area (Å²) in [6.07, 6.45) is 1.12. The van der Waals surface area contributed by atoms with Crippen molar-refractivity contribution in [2.75, 3.05) is 0 Å². The largest absolute Gasteiger partial charge is 0.393 e. The Kier molecular flexibility index (Phi) is 3.00. The molecule has 1 atom stereocenters. The molecular weight excluding hydrogens is 152 g/mol. The fourth-order valence-corrected chi connectivity index (χ4v) is 1.07. The van der Waals surface area contributed by atoms with Gasteiger partial charge in [0.2, 0.25) is 0 Å². The summed E-state index contributed by atoms with van der Waals surface area (Å²) < 4.78 is 0. The maximum Gasteiger partial charge on any atom is 0.150 e. The van der Waals surface area contributed by atoms with Gasteiger partial charge >= 0.3 is 0 Å². The molecule has 1 aromatic rings. The van der Waals surface area contributed by atoms with E-state index in [0.717, 1.165) is 11.8 Å². The maximum atomic E-state index is 10.3. The molecule has 0 saturated heterocycles. The van der Waals surface area contributed by atoms with Gasteiger partial charge in [0, 0.05) is 5.56 Å². The van der Waals surface area contributed by atoms with Crippen LogP contribution in [0, 0.1) is 0 Å². The molecule has 0 aliphatic rings. The first kappa shape index (κ1) is 8.94. The summed E-state index contributed by atoms with van der Waals surface area (Å²) in [5.74, 6) is 0. The molecule has 0 spiro atoms. The van der Waals surface area contributed by atoms with Crippen LogP contribution >= 0.6 is 0 Å². The van der Waals surface area contributed by atoms with Gasteiger partial charge in [-0.15, -0.1) is 0 Å². The van der Waals surface area contributed by atoms with E-state index in [9.17, 15) is 4.79 Å². The van der Waals surface area contributed by atoms with Gasteiger partial charge in [-0.3, -0.25) is 4.79 Å². The zero-order chi connectivity index (χ0) is 8.97. The van der Waals surface area contributed by atoms with E-state index in [0.29, 0.717) is 12.0 Å². The smallest absolute Gasteiger partial charge is 0.150 e. The number of rotatable bonds is 3. The molecule has 2 heteroatoms. The lowest BCUT2D eigenvalue weighted by molar-refractivity contribution is 0.112. The van der Waals surface area contributed by atoms with E-state index >= 15 is 0 Å². The Hall–Kier alpha value is -1.15. The second kappa shape index (κ2) is 4.02. The fraction of sp³-hybridized carbons (Fsp3) is 0.300. The van der Waals surface area contributed by atoms with Gasteiger partial charge in [0.15, 0.2) is 0 Å². The topological polar surface area (TPSA) is 37.3 Å². The van der Waals surface area contributed by atoms with Crippen LogP contribution < -0.4 is 0 Å². The van der Waals surface area contributed by atoms with E-state index < -0.39 is 0 Å². The molecule has 2 nitrogen and oxygen atoms in total. The Morgan fingerprint density at radius 3 is 2.42 bits per heavy atom. The Labute approximate surface area is 71.8 Å². The predicted octanol–water partition coefficient (Wildman–Crippen LogP) is 1.42. The van der Waals surface area contributed by atoms with Gasteiger partial charge in [-0.1, -0.05) is 24.3 Å². The van der Waals surface area contributed by atoms with Crippen LogP contribution in [0.25, 0.3) is 0 Å². The van der Waals surface area contributed by atoms with Crippen molar-refractivity contribution in [3.63, 3.8) is 0 Å². The van der Waals surface area contributed by atoms with E-state index in [1.807, 2.05) is 12.1 Å². The summed E-state index contributed by atoms with van der Waals surface area (Å²) in [4.78, 5) is 10.3. The molecule has 0 saturated carbocycles. The van der Waals surface area contributed by atoms with Crippen molar-refractivity contribution in [1.82, 2.24) is 0 Å². The lowest BCUT2D eigenvalue weighted by Crippen LogP contribution is -2.03. The molecule has 0 radical (unpaired) electrons. The van der Waals surface area contributed by atoms with Gasteiger partial charge in [0.25, 0.3) is 0 Å². The van der Waals surface area contributed by atoms with Gasteiger partial charge < -0.3 is 5.11 Å². The summed E-state index contributed by atoms with van der Waals surface area (Å²) in [6, 6.07) is 7.22. The van der Waals surface area contributed by atoms with Crippen LogP contribution in [0.4, 0.5) is 0 Å². The molecular formula is C10H12O2. The standard InChI is InChI=1S/C10H12O2/c1-8(12)6-9-2-4-10(7-11)5-3-9/h2-5,7-8,12H,6H2,1H3. The molecule has 0 heterocycles. The highest BCUT2D eigenvalue weighted by molar-refractivity contribution is 5.74. The molecule has 12 heavy (non-hydrogen) atoms. The third kappa shape index (κ3) is 2.47. The van der Waals surface area contributed by atoms with Gasteiger partial charge in [-0.05, 0) is 18.9 Å². The molecule has 1 aromatic carbocycles. The normalized spacial score (nSPS) is 12.5. The monoisotopic (exact) mass is 164 g/mol. The zero-order valence-electron chi connectivity index (χ0n) is 7.03. The molecule has 0 fully saturated rings. The number of hydrogen-bond acceptors (Lipinski definition) is 2. The molecule has 64 valence electrons. The van der Waals surface area contributed by atoms with Crippen molar-refractivity contribution in [3.05, 3.63) is 35.4 Å². The number of aliphatic hydroxyl groups excluding tert-OH is 1. The van der Waals surface area contributed by atoms with Crippen molar-refractivity contribution in [1.29, 1.82) is 0 Å². The molecule has 0 aliphatic carbocycles. The molecule has 0 bridgehead atoms. The van der Waals surface area contributed by atoms with Gasteiger partial charge in [-0.25, -0.2) is 0 Å². The molecule has 1 unspecified atom stereocenters. The van der Waals surface area contributed by atoms with Crippen molar-refractivity contribution in [2.45, 2.75) is 19.4 Å². The summed E-state index contributed by atoms with van der Waals surface area (Å²) in [5, 5.41) is 9.06. The first-order valence-electron chi connectivity index (χ1n) is 3.94. The van der Waals surface area contributed by atoms with Crippen LogP contribution in [0.1, 0.15) is 22.8 Å². The van der Waals surface area contributed by atoms with Crippen molar-refractivity contribution < 1.29 is 9.90 Å². The van der Waals surface area contributed by atoms with E-state index in [1.165, 1.54) is 0 Å². The minimum Gasteiger partial charge on any atom is -0.393 e. The van der Waals surface area contributed by atoms with Gasteiger partial charge in [0.1, 0.15) is 6.29 Å². The highest BCUT2D eigenvalue weighted by Gasteiger charge is 1.98. The second-order valence-corrected chi connectivity index (χ2v) is 2.91. The first-order valence-corrected chi connectivity index (χ1v) is 3.94. The van der Waals surface area contributed by atoms with Crippen LogP contribution in [0.5, 0.6) is 0 Å². The van der Waals surface area contributed by atoms with E-state index in [4.69, 9.17) is 5.11 Å². The zero-order valence-corrected chi connectivity index (χ0v) is 7.03. The van der Waals surface area contributed by atoms with Gasteiger partial charge in [-0.2, -0.15) is 0 Å². The summed E-state index contributed by atoms with van der Waals surface area (Å²) >= 11 is 0. The van der Waals surface area contributed by atoms with Crippen LogP contribution in [-0.2, 0) is 6.42 Å². The third-order valence-corrected chi connectivity index (χ3v) is 1.65.